The number of ether oxygens (including phenoxy) is 2. The molecule has 9 heteroatoms. The van der Waals surface area contributed by atoms with Gasteiger partial charge in [0.15, 0.2) is 0 Å². The molecule has 3 heterocycles. The van der Waals surface area contributed by atoms with Gasteiger partial charge in [0, 0.05) is 22.1 Å². The highest BCUT2D eigenvalue weighted by Gasteiger charge is 2.29. The van der Waals surface area contributed by atoms with E-state index in [-0.39, 0.29) is 18.6 Å². The third-order valence-corrected chi connectivity index (χ3v) is 6.01. The zero-order valence-corrected chi connectivity index (χ0v) is 21.0. The van der Waals surface area contributed by atoms with Crippen molar-refractivity contribution >= 4 is 23.0 Å². The van der Waals surface area contributed by atoms with Crippen LogP contribution in [-0.4, -0.2) is 33.8 Å². The Morgan fingerprint density at radius 3 is 2.67 bits per heavy atom. The van der Waals surface area contributed by atoms with Crippen molar-refractivity contribution in [2.75, 3.05) is 6.54 Å². The highest BCUT2D eigenvalue weighted by Crippen LogP contribution is 2.37. The van der Waals surface area contributed by atoms with Crippen LogP contribution in [-0.2, 0) is 20.8 Å². The summed E-state index contributed by atoms with van der Waals surface area (Å²) >= 11 is 0. The van der Waals surface area contributed by atoms with Gasteiger partial charge in [0.1, 0.15) is 24.3 Å². The predicted molar refractivity (Wildman–Crippen MR) is 133 cm³/mol. The summed E-state index contributed by atoms with van der Waals surface area (Å²) in [6.07, 6.45) is -0.997. The summed E-state index contributed by atoms with van der Waals surface area (Å²) in [7, 11) is 0. The normalized spacial score (nSPS) is 12.9. The van der Waals surface area contributed by atoms with Crippen LogP contribution < -0.4 is 10.9 Å². The van der Waals surface area contributed by atoms with Gasteiger partial charge in [0.25, 0.3) is 5.56 Å². The van der Waals surface area contributed by atoms with Crippen LogP contribution in [0.2, 0.25) is 0 Å². The molecule has 1 N–H and O–H groups in total. The molecular formula is C27H28N4O5. The summed E-state index contributed by atoms with van der Waals surface area (Å²) in [4.78, 5) is 42.4. The molecule has 3 aromatic rings. The Balaban J connectivity index is 1.66. The average molecular weight is 489 g/mol. The fourth-order valence-corrected chi connectivity index (χ4v) is 4.39. The zero-order valence-electron chi connectivity index (χ0n) is 21.0. The van der Waals surface area contributed by atoms with Crippen molar-refractivity contribution < 1.29 is 19.1 Å². The van der Waals surface area contributed by atoms with Crippen LogP contribution in [0.25, 0.3) is 22.3 Å². The van der Waals surface area contributed by atoms with E-state index in [1.54, 1.807) is 32.3 Å². The molecule has 0 aliphatic carbocycles. The van der Waals surface area contributed by atoms with E-state index >= 15 is 0 Å². The smallest absolute Gasteiger partial charge is 0.408 e. The zero-order chi connectivity index (χ0) is 26.2. The van der Waals surface area contributed by atoms with E-state index in [1.165, 1.54) is 0 Å². The van der Waals surface area contributed by atoms with E-state index in [1.807, 2.05) is 37.3 Å². The molecule has 2 aromatic heterocycles. The fraction of sp³-hybridized carbons (Fsp3) is 0.370. The Kier molecular flexibility index (Phi) is 6.55. The standard InChI is InChI=1S/C27H28N4O5/c1-6-22(35-23(32)13-29-26(34)36-27(3,4)5)17-11-21-24-19(14-31(21)25(33)15(17)2)18(12-28)16-9-7-8-10-20(16)30-24/h7-11,22H,6,13-14H2,1-5H3,(H,29,34). The number of carbonyl (C=O) groups is 2. The maximum atomic E-state index is 13.3. The molecule has 0 radical (unpaired) electrons. The van der Waals surface area contributed by atoms with E-state index in [9.17, 15) is 19.6 Å². The van der Waals surface area contributed by atoms with E-state index in [0.717, 1.165) is 5.39 Å². The van der Waals surface area contributed by atoms with E-state index < -0.39 is 23.8 Å². The second-order valence-electron chi connectivity index (χ2n) is 9.69. The lowest BCUT2D eigenvalue weighted by atomic mass is 9.99. The van der Waals surface area contributed by atoms with Crippen LogP contribution in [0.15, 0.2) is 35.1 Å². The van der Waals surface area contributed by atoms with Gasteiger partial charge in [-0.05, 0) is 46.2 Å². The molecule has 1 aliphatic rings. The number of benzene rings is 1. The van der Waals surface area contributed by atoms with Crippen molar-refractivity contribution in [3.8, 4) is 17.5 Å². The molecular weight excluding hydrogens is 460 g/mol. The van der Waals surface area contributed by atoms with Crippen LogP contribution in [0.1, 0.15) is 62.5 Å². The highest BCUT2D eigenvalue weighted by atomic mass is 16.6. The molecule has 1 aliphatic heterocycles. The molecule has 4 rings (SSSR count). The van der Waals surface area contributed by atoms with Crippen molar-refractivity contribution in [3.05, 3.63) is 62.9 Å². The van der Waals surface area contributed by atoms with Crippen molar-refractivity contribution in [1.82, 2.24) is 14.9 Å². The van der Waals surface area contributed by atoms with E-state index in [0.29, 0.717) is 45.6 Å². The minimum Gasteiger partial charge on any atom is -0.456 e. The number of carbonyl (C=O) groups excluding carboxylic acids is 2. The Bertz CT molecular complexity index is 1480. The minimum atomic E-state index is -0.720. The van der Waals surface area contributed by atoms with Crippen molar-refractivity contribution in [3.63, 3.8) is 0 Å². The van der Waals surface area contributed by atoms with Crippen molar-refractivity contribution in [1.29, 1.82) is 5.26 Å². The number of pyridine rings is 2. The first kappa shape index (κ1) is 24.9. The number of para-hydroxylation sites is 1. The molecule has 1 unspecified atom stereocenters. The number of nitrogens with one attached hydrogen (secondary N) is 1. The molecule has 0 saturated carbocycles. The number of hydrogen-bond donors (Lipinski definition) is 1. The lowest BCUT2D eigenvalue weighted by molar-refractivity contribution is -0.148. The number of nitrogens with zero attached hydrogens (tertiary/aromatic N) is 3. The van der Waals surface area contributed by atoms with Crippen LogP contribution in [0.4, 0.5) is 4.79 Å². The Morgan fingerprint density at radius 1 is 1.28 bits per heavy atom. The maximum Gasteiger partial charge on any atom is 0.408 e. The Hall–Kier alpha value is -4.19. The number of aromatic nitrogens is 2. The summed E-state index contributed by atoms with van der Waals surface area (Å²) in [6.45, 7) is 8.60. The van der Waals surface area contributed by atoms with Gasteiger partial charge in [-0.15, -0.1) is 0 Å². The molecule has 186 valence electrons. The summed E-state index contributed by atoms with van der Waals surface area (Å²) in [5.74, 6) is -0.649. The molecule has 1 atom stereocenters. The van der Waals surface area contributed by atoms with Crippen LogP contribution in [0.3, 0.4) is 0 Å². The number of nitriles is 1. The first-order valence-electron chi connectivity index (χ1n) is 11.8. The van der Waals surface area contributed by atoms with Gasteiger partial charge in [-0.1, -0.05) is 25.1 Å². The van der Waals surface area contributed by atoms with Crippen molar-refractivity contribution in [2.24, 2.45) is 0 Å². The second-order valence-corrected chi connectivity index (χ2v) is 9.69. The molecule has 0 fully saturated rings. The third kappa shape index (κ3) is 4.67. The fourth-order valence-electron chi connectivity index (χ4n) is 4.39. The van der Waals surface area contributed by atoms with E-state index in [4.69, 9.17) is 14.5 Å². The van der Waals surface area contributed by atoms with Gasteiger partial charge < -0.3 is 19.4 Å². The topological polar surface area (TPSA) is 123 Å². The molecule has 1 aromatic carbocycles. The minimum absolute atomic E-state index is 0.227. The van der Waals surface area contributed by atoms with Gasteiger partial charge in [-0.3, -0.25) is 9.59 Å². The lowest BCUT2D eigenvalue weighted by Crippen LogP contribution is -2.36. The number of esters is 1. The molecule has 9 nitrogen and oxygen atoms in total. The van der Waals surface area contributed by atoms with Crippen LogP contribution >= 0.6 is 0 Å². The van der Waals surface area contributed by atoms with E-state index in [2.05, 4.69) is 11.4 Å². The number of hydrogen-bond acceptors (Lipinski definition) is 7. The highest BCUT2D eigenvalue weighted by molar-refractivity contribution is 5.90. The van der Waals surface area contributed by atoms with Gasteiger partial charge in [-0.25, -0.2) is 9.78 Å². The van der Waals surface area contributed by atoms with Gasteiger partial charge >= 0.3 is 12.1 Å². The monoisotopic (exact) mass is 488 g/mol. The summed E-state index contributed by atoms with van der Waals surface area (Å²) in [5, 5.41) is 13.0. The average Bonchev–Trinajstić information content (AvgIpc) is 3.19. The molecule has 0 bridgehead atoms. The lowest BCUT2D eigenvalue weighted by Gasteiger charge is -2.21. The Labute approximate surface area is 208 Å². The number of alkyl carbamates (subject to hydrolysis) is 1. The van der Waals surface area contributed by atoms with Crippen molar-refractivity contribution in [2.45, 2.75) is 59.3 Å². The largest absolute Gasteiger partial charge is 0.456 e. The molecule has 36 heavy (non-hydrogen) atoms. The number of rotatable bonds is 5. The first-order chi connectivity index (χ1) is 17.0. The van der Waals surface area contributed by atoms with Crippen LogP contribution in [0.5, 0.6) is 0 Å². The third-order valence-electron chi connectivity index (χ3n) is 6.01. The summed E-state index contributed by atoms with van der Waals surface area (Å²) < 4.78 is 12.4. The first-order valence-corrected chi connectivity index (χ1v) is 11.8. The SMILES string of the molecule is CCC(OC(=O)CNC(=O)OC(C)(C)C)c1cc2n(c(=O)c1C)Cc1c-2nc2ccccc2c1C#N. The maximum absolute atomic E-state index is 13.3. The van der Waals surface area contributed by atoms with Gasteiger partial charge in [0.2, 0.25) is 0 Å². The number of amides is 1. The second kappa shape index (κ2) is 9.46. The summed E-state index contributed by atoms with van der Waals surface area (Å²) in [6, 6.07) is 11.5. The predicted octanol–water partition coefficient (Wildman–Crippen LogP) is 4.12. The molecule has 0 saturated heterocycles. The van der Waals surface area contributed by atoms with Gasteiger partial charge in [-0.2, -0.15) is 5.26 Å². The quantitative estimate of drug-likeness (QED) is 0.419. The molecule has 0 spiro atoms. The Morgan fingerprint density at radius 2 is 2.00 bits per heavy atom. The molecule has 1 amide bonds. The summed E-state index contributed by atoms with van der Waals surface area (Å²) in [5.41, 5.74) is 3.15. The number of fused-ring (bicyclic) bond motifs is 4. The van der Waals surface area contributed by atoms with Gasteiger partial charge in [0.05, 0.1) is 29.0 Å². The van der Waals surface area contributed by atoms with Crippen LogP contribution in [0, 0.1) is 18.3 Å².